The van der Waals surface area contributed by atoms with Gasteiger partial charge in [0.05, 0.1) is 26.7 Å². The minimum Gasteiger partial charge on any atom is -0.493 e. The summed E-state index contributed by atoms with van der Waals surface area (Å²) in [7, 11) is 1.33. The lowest BCUT2D eigenvalue weighted by atomic mass is 10.2. The molecule has 0 heterocycles. The number of ether oxygens (including phenoxy) is 2. The normalized spacial score (nSPS) is 9.94. The molecule has 5 heteroatoms. The zero-order chi connectivity index (χ0) is 12.0. The molecule has 0 aromatic heterocycles. The Hall–Kier alpha value is -1.07. The lowest BCUT2D eigenvalue weighted by molar-refractivity contribution is -0.141. The SMILES string of the molecule is COC(=O)CCOc1ccc(Br)cc1CO. The van der Waals surface area contributed by atoms with Crippen molar-refractivity contribution in [2.75, 3.05) is 13.7 Å². The maximum atomic E-state index is 10.9. The number of rotatable bonds is 5. The van der Waals surface area contributed by atoms with Crippen LogP contribution in [-0.2, 0) is 16.1 Å². The molecule has 0 aliphatic rings. The molecule has 1 aromatic rings. The molecule has 1 rings (SSSR count). The van der Waals surface area contributed by atoms with Gasteiger partial charge in [-0.3, -0.25) is 4.79 Å². The average Bonchev–Trinajstić information content (AvgIpc) is 2.30. The van der Waals surface area contributed by atoms with E-state index in [9.17, 15) is 4.79 Å². The van der Waals surface area contributed by atoms with Gasteiger partial charge >= 0.3 is 5.97 Å². The van der Waals surface area contributed by atoms with Crippen molar-refractivity contribution in [3.8, 4) is 5.75 Å². The Morgan fingerprint density at radius 2 is 2.25 bits per heavy atom. The molecular weight excluding hydrogens is 276 g/mol. The zero-order valence-electron chi connectivity index (χ0n) is 8.90. The molecule has 0 unspecified atom stereocenters. The fraction of sp³-hybridized carbons (Fsp3) is 0.364. The Morgan fingerprint density at radius 3 is 2.88 bits per heavy atom. The number of carbonyl (C=O) groups is 1. The van der Waals surface area contributed by atoms with E-state index in [-0.39, 0.29) is 25.6 Å². The van der Waals surface area contributed by atoms with Crippen LogP contribution in [0.25, 0.3) is 0 Å². The lowest BCUT2D eigenvalue weighted by Crippen LogP contribution is -2.08. The first kappa shape index (κ1) is 13.0. The summed E-state index contributed by atoms with van der Waals surface area (Å²) in [6.07, 6.45) is 0.192. The number of hydrogen-bond donors (Lipinski definition) is 1. The van der Waals surface area contributed by atoms with Crippen molar-refractivity contribution < 1.29 is 19.4 Å². The second-order valence-electron chi connectivity index (χ2n) is 3.08. The Kier molecular flexibility index (Phi) is 5.28. The molecule has 16 heavy (non-hydrogen) atoms. The fourth-order valence-corrected chi connectivity index (χ4v) is 1.57. The van der Waals surface area contributed by atoms with Gasteiger partial charge < -0.3 is 14.6 Å². The Morgan fingerprint density at radius 1 is 1.50 bits per heavy atom. The maximum absolute atomic E-state index is 10.9. The second kappa shape index (κ2) is 6.50. The van der Waals surface area contributed by atoms with Crippen LogP contribution in [0.1, 0.15) is 12.0 Å². The molecule has 0 fully saturated rings. The van der Waals surface area contributed by atoms with E-state index in [1.807, 2.05) is 6.07 Å². The van der Waals surface area contributed by atoms with Crippen molar-refractivity contribution in [1.82, 2.24) is 0 Å². The summed E-state index contributed by atoms with van der Waals surface area (Å²) in [5, 5.41) is 9.11. The molecule has 0 spiro atoms. The predicted octanol–water partition coefficient (Wildman–Crippen LogP) is 1.88. The van der Waals surface area contributed by atoms with Gasteiger partial charge in [-0.15, -0.1) is 0 Å². The first-order chi connectivity index (χ1) is 7.67. The number of aliphatic hydroxyl groups is 1. The Bertz CT molecular complexity index is 365. The van der Waals surface area contributed by atoms with Crippen LogP contribution in [0.5, 0.6) is 5.75 Å². The van der Waals surface area contributed by atoms with Crippen LogP contribution in [0.15, 0.2) is 22.7 Å². The molecule has 0 aliphatic heterocycles. The van der Waals surface area contributed by atoms with Crippen LogP contribution in [0.2, 0.25) is 0 Å². The van der Waals surface area contributed by atoms with Crippen molar-refractivity contribution in [1.29, 1.82) is 0 Å². The molecule has 0 amide bonds. The highest BCUT2D eigenvalue weighted by Crippen LogP contribution is 2.23. The van der Waals surface area contributed by atoms with Gasteiger partial charge in [0, 0.05) is 10.0 Å². The predicted molar refractivity (Wildman–Crippen MR) is 62.2 cm³/mol. The van der Waals surface area contributed by atoms with Crippen molar-refractivity contribution in [3.05, 3.63) is 28.2 Å². The summed E-state index contributed by atoms with van der Waals surface area (Å²) in [6, 6.07) is 5.33. The molecule has 1 N–H and O–H groups in total. The molecule has 1 aromatic carbocycles. The average molecular weight is 289 g/mol. The highest BCUT2D eigenvalue weighted by molar-refractivity contribution is 9.10. The number of carbonyl (C=O) groups excluding carboxylic acids is 1. The number of methoxy groups -OCH3 is 1. The van der Waals surface area contributed by atoms with Gasteiger partial charge in [-0.25, -0.2) is 0 Å². The smallest absolute Gasteiger partial charge is 0.308 e. The standard InChI is InChI=1S/C11H13BrO4/c1-15-11(14)4-5-16-10-3-2-9(12)6-8(10)7-13/h2-3,6,13H,4-5,7H2,1H3. The third-order valence-corrected chi connectivity index (χ3v) is 2.48. The van der Waals surface area contributed by atoms with Crippen LogP contribution in [-0.4, -0.2) is 24.8 Å². The van der Waals surface area contributed by atoms with Crippen LogP contribution in [0, 0.1) is 0 Å². The summed E-state index contributed by atoms with van der Waals surface area (Å²) in [5.74, 6) is 0.261. The van der Waals surface area contributed by atoms with Gasteiger partial charge in [0.1, 0.15) is 5.75 Å². The van der Waals surface area contributed by atoms with E-state index in [4.69, 9.17) is 9.84 Å². The molecule has 0 atom stereocenters. The summed E-state index contributed by atoms with van der Waals surface area (Å²) < 4.78 is 10.7. The Labute approximate surface area is 102 Å². The molecule has 0 radical (unpaired) electrons. The van der Waals surface area contributed by atoms with Gasteiger partial charge in [0.15, 0.2) is 0 Å². The van der Waals surface area contributed by atoms with Gasteiger partial charge in [-0.1, -0.05) is 15.9 Å². The molecule has 0 saturated heterocycles. The molecule has 4 nitrogen and oxygen atoms in total. The third kappa shape index (κ3) is 3.83. The quantitative estimate of drug-likeness (QED) is 0.841. The van der Waals surface area contributed by atoms with E-state index < -0.39 is 0 Å². The van der Waals surface area contributed by atoms with Crippen LogP contribution < -0.4 is 4.74 Å². The first-order valence-electron chi connectivity index (χ1n) is 4.76. The lowest BCUT2D eigenvalue weighted by Gasteiger charge is -2.09. The van der Waals surface area contributed by atoms with E-state index in [1.54, 1.807) is 12.1 Å². The van der Waals surface area contributed by atoms with Crippen molar-refractivity contribution in [3.63, 3.8) is 0 Å². The highest BCUT2D eigenvalue weighted by atomic mass is 79.9. The minimum absolute atomic E-state index is 0.104. The number of hydrogen-bond acceptors (Lipinski definition) is 4. The number of esters is 1. The van der Waals surface area contributed by atoms with E-state index in [2.05, 4.69) is 20.7 Å². The van der Waals surface area contributed by atoms with Crippen molar-refractivity contribution in [2.45, 2.75) is 13.0 Å². The van der Waals surface area contributed by atoms with E-state index in [1.165, 1.54) is 7.11 Å². The Balaban J connectivity index is 2.56. The number of benzene rings is 1. The number of halogens is 1. The summed E-state index contributed by atoms with van der Waals surface area (Å²) in [6.45, 7) is 0.133. The summed E-state index contributed by atoms with van der Waals surface area (Å²) in [5.41, 5.74) is 0.680. The summed E-state index contributed by atoms with van der Waals surface area (Å²) >= 11 is 3.30. The van der Waals surface area contributed by atoms with Crippen LogP contribution in [0.3, 0.4) is 0 Å². The molecule has 0 bridgehead atoms. The van der Waals surface area contributed by atoms with Crippen LogP contribution in [0.4, 0.5) is 0 Å². The van der Waals surface area contributed by atoms with Gasteiger partial charge in [0.2, 0.25) is 0 Å². The second-order valence-corrected chi connectivity index (χ2v) is 4.00. The number of aliphatic hydroxyl groups excluding tert-OH is 1. The zero-order valence-corrected chi connectivity index (χ0v) is 10.5. The molecule has 0 aliphatic carbocycles. The van der Waals surface area contributed by atoms with Crippen molar-refractivity contribution in [2.24, 2.45) is 0 Å². The van der Waals surface area contributed by atoms with Crippen LogP contribution >= 0.6 is 15.9 Å². The first-order valence-corrected chi connectivity index (χ1v) is 5.55. The van der Waals surface area contributed by atoms with Gasteiger partial charge in [-0.05, 0) is 18.2 Å². The van der Waals surface area contributed by atoms with E-state index in [0.717, 1.165) is 4.47 Å². The highest BCUT2D eigenvalue weighted by Gasteiger charge is 2.05. The molecular formula is C11H13BrO4. The monoisotopic (exact) mass is 288 g/mol. The topological polar surface area (TPSA) is 55.8 Å². The van der Waals surface area contributed by atoms with Gasteiger partial charge in [-0.2, -0.15) is 0 Å². The van der Waals surface area contributed by atoms with E-state index >= 15 is 0 Å². The van der Waals surface area contributed by atoms with E-state index in [0.29, 0.717) is 11.3 Å². The fourth-order valence-electron chi connectivity index (χ4n) is 1.16. The largest absolute Gasteiger partial charge is 0.493 e. The van der Waals surface area contributed by atoms with Crippen molar-refractivity contribution >= 4 is 21.9 Å². The molecule has 88 valence electrons. The maximum Gasteiger partial charge on any atom is 0.308 e. The molecule has 0 saturated carbocycles. The third-order valence-electron chi connectivity index (χ3n) is 1.98. The minimum atomic E-state index is -0.317. The summed E-state index contributed by atoms with van der Waals surface area (Å²) in [4.78, 5) is 10.9. The van der Waals surface area contributed by atoms with Gasteiger partial charge in [0.25, 0.3) is 0 Å².